The number of carboxylic acid groups (broad SMARTS) is 1. The summed E-state index contributed by atoms with van der Waals surface area (Å²) >= 11 is 1.52. The quantitative estimate of drug-likeness (QED) is 0.774. The maximum absolute atomic E-state index is 12.2. The van der Waals surface area contributed by atoms with E-state index in [1.165, 1.54) is 16.7 Å². The molecular formula is C13H24N2O3S. The van der Waals surface area contributed by atoms with Gasteiger partial charge >= 0.3 is 5.97 Å². The van der Waals surface area contributed by atoms with Crippen LogP contribution in [-0.4, -0.2) is 45.6 Å². The molecule has 0 saturated carbocycles. The van der Waals surface area contributed by atoms with Crippen LogP contribution in [0.1, 0.15) is 40.0 Å². The first-order valence-corrected chi connectivity index (χ1v) is 7.69. The van der Waals surface area contributed by atoms with E-state index in [9.17, 15) is 9.59 Å². The number of carboxylic acids is 1. The summed E-state index contributed by atoms with van der Waals surface area (Å²) in [5.74, 6) is -0.490. The molecule has 1 rings (SSSR count). The topological polar surface area (TPSA) is 83.6 Å². The van der Waals surface area contributed by atoms with Crippen LogP contribution in [0.25, 0.3) is 0 Å². The molecule has 2 unspecified atom stereocenters. The van der Waals surface area contributed by atoms with Gasteiger partial charge in [0.05, 0.1) is 5.37 Å². The van der Waals surface area contributed by atoms with Gasteiger partial charge in [-0.2, -0.15) is 0 Å². The van der Waals surface area contributed by atoms with Crippen molar-refractivity contribution in [1.29, 1.82) is 0 Å². The molecule has 19 heavy (non-hydrogen) atoms. The minimum atomic E-state index is -0.911. The summed E-state index contributed by atoms with van der Waals surface area (Å²) < 4.78 is 0. The van der Waals surface area contributed by atoms with E-state index in [4.69, 9.17) is 10.8 Å². The Morgan fingerprint density at radius 2 is 2.05 bits per heavy atom. The molecule has 0 aromatic carbocycles. The normalized spacial score (nSPS) is 23.7. The molecule has 0 aromatic heterocycles. The van der Waals surface area contributed by atoms with Gasteiger partial charge in [-0.3, -0.25) is 4.79 Å². The SMILES string of the molecule is CC1SCC(C(=O)O)N1C(=O)CCC(C)(C)CCN. The van der Waals surface area contributed by atoms with Gasteiger partial charge in [-0.25, -0.2) is 4.79 Å². The van der Waals surface area contributed by atoms with Crippen molar-refractivity contribution in [3.63, 3.8) is 0 Å². The number of rotatable bonds is 6. The summed E-state index contributed by atoms with van der Waals surface area (Å²) in [5.41, 5.74) is 5.58. The molecule has 1 aliphatic heterocycles. The molecule has 6 heteroatoms. The highest BCUT2D eigenvalue weighted by Gasteiger charge is 2.39. The van der Waals surface area contributed by atoms with E-state index in [2.05, 4.69) is 13.8 Å². The lowest BCUT2D eigenvalue weighted by Crippen LogP contribution is -2.45. The van der Waals surface area contributed by atoms with E-state index < -0.39 is 12.0 Å². The molecule has 1 heterocycles. The molecule has 3 N–H and O–H groups in total. The second-order valence-electron chi connectivity index (χ2n) is 5.79. The first-order valence-electron chi connectivity index (χ1n) is 6.64. The largest absolute Gasteiger partial charge is 0.480 e. The molecule has 1 saturated heterocycles. The zero-order valence-electron chi connectivity index (χ0n) is 11.9. The summed E-state index contributed by atoms with van der Waals surface area (Å²) in [7, 11) is 0. The Hall–Kier alpha value is -0.750. The van der Waals surface area contributed by atoms with E-state index in [1.54, 1.807) is 0 Å². The third-order valence-corrected chi connectivity index (χ3v) is 4.85. The van der Waals surface area contributed by atoms with Crippen molar-refractivity contribution >= 4 is 23.6 Å². The van der Waals surface area contributed by atoms with Crippen molar-refractivity contribution in [3.05, 3.63) is 0 Å². The second-order valence-corrected chi connectivity index (χ2v) is 7.14. The van der Waals surface area contributed by atoms with Crippen LogP contribution in [-0.2, 0) is 9.59 Å². The molecule has 0 radical (unpaired) electrons. The molecule has 1 amide bonds. The number of nitrogens with zero attached hydrogens (tertiary/aromatic N) is 1. The van der Waals surface area contributed by atoms with Crippen LogP contribution in [0.5, 0.6) is 0 Å². The van der Waals surface area contributed by atoms with Crippen molar-refractivity contribution in [2.24, 2.45) is 11.1 Å². The Morgan fingerprint density at radius 1 is 1.42 bits per heavy atom. The van der Waals surface area contributed by atoms with Crippen molar-refractivity contribution in [1.82, 2.24) is 4.90 Å². The number of nitrogens with two attached hydrogens (primary N) is 1. The van der Waals surface area contributed by atoms with Crippen molar-refractivity contribution in [2.45, 2.75) is 51.4 Å². The third-order valence-electron chi connectivity index (χ3n) is 3.63. The van der Waals surface area contributed by atoms with Gasteiger partial charge in [-0.15, -0.1) is 11.8 Å². The van der Waals surface area contributed by atoms with Gasteiger partial charge in [-0.1, -0.05) is 13.8 Å². The summed E-state index contributed by atoms with van der Waals surface area (Å²) in [6.45, 7) is 6.67. The van der Waals surface area contributed by atoms with Gasteiger partial charge in [0.25, 0.3) is 0 Å². The number of carbonyl (C=O) groups excluding carboxylic acids is 1. The predicted octanol–water partition coefficient (Wildman–Crippen LogP) is 1.52. The summed E-state index contributed by atoms with van der Waals surface area (Å²) in [6.07, 6.45) is 2.00. The zero-order valence-corrected chi connectivity index (χ0v) is 12.7. The maximum Gasteiger partial charge on any atom is 0.327 e. The standard InChI is InChI=1S/C13H24N2O3S/c1-9-15(10(8-19-9)12(17)18)11(16)4-5-13(2,3)6-7-14/h9-10H,4-8,14H2,1-3H3,(H,17,18). The van der Waals surface area contributed by atoms with Gasteiger partial charge in [0.2, 0.25) is 5.91 Å². The Labute approximate surface area is 118 Å². The van der Waals surface area contributed by atoms with Crippen LogP contribution in [0.2, 0.25) is 0 Å². The Morgan fingerprint density at radius 3 is 2.58 bits per heavy atom. The van der Waals surface area contributed by atoms with Gasteiger partial charge in [-0.05, 0) is 31.7 Å². The van der Waals surface area contributed by atoms with E-state index in [-0.39, 0.29) is 16.7 Å². The van der Waals surface area contributed by atoms with Gasteiger partial charge in [0.15, 0.2) is 0 Å². The zero-order chi connectivity index (χ0) is 14.6. The maximum atomic E-state index is 12.2. The second kappa shape index (κ2) is 6.61. The third kappa shape index (κ3) is 4.38. The molecular weight excluding hydrogens is 264 g/mol. The highest BCUT2D eigenvalue weighted by atomic mass is 32.2. The van der Waals surface area contributed by atoms with Gasteiger partial charge in [0.1, 0.15) is 6.04 Å². The molecule has 0 spiro atoms. The van der Waals surface area contributed by atoms with Crippen LogP contribution < -0.4 is 5.73 Å². The lowest BCUT2D eigenvalue weighted by molar-refractivity contribution is -0.149. The monoisotopic (exact) mass is 288 g/mol. The van der Waals surface area contributed by atoms with Crippen LogP contribution in [0.3, 0.4) is 0 Å². The molecule has 5 nitrogen and oxygen atoms in total. The van der Waals surface area contributed by atoms with Crippen molar-refractivity contribution in [2.75, 3.05) is 12.3 Å². The molecule has 0 aromatic rings. The fraction of sp³-hybridized carbons (Fsp3) is 0.846. The van der Waals surface area contributed by atoms with E-state index in [0.29, 0.717) is 18.7 Å². The predicted molar refractivity (Wildman–Crippen MR) is 76.9 cm³/mol. The van der Waals surface area contributed by atoms with Crippen LogP contribution in [0.4, 0.5) is 0 Å². The number of aliphatic carboxylic acids is 1. The highest BCUT2D eigenvalue weighted by molar-refractivity contribution is 8.00. The molecule has 1 fully saturated rings. The molecule has 1 aliphatic rings. The van der Waals surface area contributed by atoms with E-state index in [0.717, 1.165) is 12.8 Å². The van der Waals surface area contributed by atoms with Crippen molar-refractivity contribution < 1.29 is 14.7 Å². The van der Waals surface area contributed by atoms with Crippen LogP contribution in [0, 0.1) is 5.41 Å². The molecule has 110 valence electrons. The van der Waals surface area contributed by atoms with E-state index >= 15 is 0 Å². The first-order chi connectivity index (χ1) is 8.78. The average Bonchev–Trinajstić information content (AvgIpc) is 2.68. The van der Waals surface area contributed by atoms with E-state index in [1.807, 2.05) is 6.92 Å². The van der Waals surface area contributed by atoms with Crippen LogP contribution in [0.15, 0.2) is 0 Å². The average molecular weight is 288 g/mol. The van der Waals surface area contributed by atoms with Gasteiger partial charge in [0, 0.05) is 12.2 Å². The van der Waals surface area contributed by atoms with Gasteiger partial charge < -0.3 is 15.7 Å². The number of hydrogen-bond acceptors (Lipinski definition) is 4. The Bertz CT molecular complexity index is 347. The summed E-state index contributed by atoms with van der Waals surface area (Å²) in [6, 6.07) is -0.676. The number of hydrogen-bond donors (Lipinski definition) is 2. The molecule has 0 aliphatic carbocycles. The first kappa shape index (κ1) is 16.3. The summed E-state index contributed by atoms with van der Waals surface area (Å²) in [5, 5.41) is 9.09. The Balaban J connectivity index is 2.59. The highest BCUT2D eigenvalue weighted by Crippen LogP contribution is 2.32. The van der Waals surface area contributed by atoms with Crippen LogP contribution >= 0.6 is 11.8 Å². The van der Waals surface area contributed by atoms with Crippen molar-refractivity contribution in [3.8, 4) is 0 Å². The fourth-order valence-electron chi connectivity index (χ4n) is 2.30. The number of amides is 1. The minimum absolute atomic E-state index is 0.0270. The Kier molecular flexibility index (Phi) is 5.67. The molecule has 2 atom stereocenters. The fourth-order valence-corrected chi connectivity index (χ4v) is 3.49. The number of carbonyl (C=O) groups is 2. The molecule has 0 bridgehead atoms. The smallest absolute Gasteiger partial charge is 0.327 e. The number of thioether (sulfide) groups is 1. The lowest BCUT2D eigenvalue weighted by Gasteiger charge is -2.28. The minimum Gasteiger partial charge on any atom is -0.480 e. The lowest BCUT2D eigenvalue weighted by atomic mass is 9.84. The summed E-state index contributed by atoms with van der Waals surface area (Å²) in [4.78, 5) is 24.9.